The second-order valence-corrected chi connectivity index (χ2v) is 8.53. The van der Waals surface area contributed by atoms with Gasteiger partial charge in [0.05, 0.1) is 6.54 Å². The van der Waals surface area contributed by atoms with Gasteiger partial charge in [0.2, 0.25) is 5.91 Å². The van der Waals surface area contributed by atoms with E-state index in [1.54, 1.807) is 0 Å². The Balaban J connectivity index is 1.69. The first-order valence-corrected chi connectivity index (χ1v) is 11.9. The van der Waals surface area contributed by atoms with E-state index in [0.29, 0.717) is 13.1 Å². The van der Waals surface area contributed by atoms with E-state index >= 15 is 0 Å². The number of hydrogen-bond acceptors (Lipinski definition) is 6. The minimum atomic E-state index is -0.620. The highest BCUT2D eigenvalue weighted by atomic mass is 16.2. The van der Waals surface area contributed by atoms with Crippen molar-refractivity contribution in [2.75, 3.05) is 49.9 Å². The zero-order valence-electron chi connectivity index (χ0n) is 19.8. The molecule has 0 aliphatic carbocycles. The van der Waals surface area contributed by atoms with Crippen molar-refractivity contribution < 1.29 is 4.79 Å². The van der Waals surface area contributed by atoms with E-state index in [1.165, 1.54) is 15.0 Å². The highest BCUT2D eigenvalue weighted by Gasteiger charge is 2.25. The Bertz CT molecular complexity index is 1030. The molecule has 1 aliphatic rings. The SMILES string of the molecule is CCCCn1c(N)c(N(CC)C(=O)CN2CCCN(Cc3ccccc3)CC2)c(=O)[nH]c1=O. The second kappa shape index (κ2) is 11.8. The van der Waals surface area contributed by atoms with E-state index in [1.807, 2.05) is 19.9 Å². The predicted octanol–water partition coefficient (Wildman–Crippen LogP) is 1.48. The second-order valence-electron chi connectivity index (χ2n) is 8.53. The summed E-state index contributed by atoms with van der Waals surface area (Å²) < 4.78 is 1.35. The maximum atomic E-state index is 13.2. The first-order valence-electron chi connectivity index (χ1n) is 11.9. The largest absolute Gasteiger partial charge is 0.383 e. The average Bonchev–Trinajstić information content (AvgIpc) is 3.02. The maximum Gasteiger partial charge on any atom is 0.330 e. The first-order chi connectivity index (χ1) is 15.9. The number of nitrogens with two attached hydrogens (primary N) is 1. The lowest BCUT2D eigenvalue weighted by atomic mass is 10.2. The van der Waals surface area contributed by atoms with Gasteiger partial charge < -0.3 is 10.6 Å². The van der Waals surface area contributed by atoms with Crippen LogP contribution in [0.15, 0.2) is 39.9 Å². The third-order valence-corrected chi connectivity index (χ3v) is 6.13. The molecule has 1 saturated heterocycles. The Kier molecular flexibility index (Phi) is 8.85. The standard InChI is InChI=1S/C24H36N6O3/c1-3-5-14-30-22(25)21(23(32)26-24(30)33)29(4-2)20(31)18-28-13-9-12-27(15-16-28)17-19-10-7-6-8-11-19/h6-8,10-11H,3-5,9,12-18,25H2,1-2H3,(H,26,32,33). The summed E-state index contributed by atoms with van der Waals surface area (Å²) in [5.41, 5.74) is 6.41. The summed E-state index contributed by atoms with van der Waals surface area (Å²) in [5, 5.41) is 0. The number of carbonyl (C=O) groups is 1. The van der Waals surface area contributed by atoms with Gasteiger partial charge in [0.25, 0.3) is 5.56 Å². The van der Waals surface area contributed by atoms with Crippen molar-refractivity contribution in [3.63, 3.8) is 0 Å². The lowest BCUT2D eigenvalue weighted by molar-refractivity contribution is -0.119. The number of nitrogens with one attached hydrogen (secondary N) is 1. The third-order valence-electron chi connectivity index (χ3n) is 6.13. The molecular formula is C24H36N6O3. The van der Waals surface area contributed by atoms with E-state index in [9.17, 15) is 14.4 Å². The number of rotatable bonds is 9. The van der Waals surface area contributed by atoms with Gasteiger partial charge in [0.1, 0.15) is 5.82 Å². The number of amides is 1. The number of anilines is 2. The molecule has 1 amide bonds. The van der Waals surface area contributed by atoms with Crippen LogP contribution in [0.25, 0.3) is 0 Å². The number of nitrogens with zero attached hydrogens (tertiary/aromatic N) is 4. The third kappa shape index (κ3) is 6.33. The number of nitrogen functional groups attached to an aromatic ring is 1. The van der Waals surface area contributed by atoms with Crippen molar-refractivity contribution >= 4 is 17.4 Å². The van der Waals surface area contributed by atoms with Crippen molar-refractivity contribution in [2.24, 2.45) is 0 Å². The molecule has 2 aromatic rings. The van der Waals surface area contributed by atoms with Gasteiger partial charge in [-0.15, -0.1) is 0 Å². The number of aromatic nitrogens is 2. The van der Waals surface area contributed by atoms with Crippen molar-refractivity contribution in [3.05, 3.63) is 56.7 Å². The molecule has 1 aromatic carbocycles. The van der Waals surface area contributed by atoms with Gasteiger partial charge in [-0.2, -0.15) is 0 Å². The molecule has 0 unspecified atom stereocenters. The van der Waals surface area contributed by atoms with Crippen LogP contribution in [0.1, 0.15) is 38.7 Å². The van der Waals surface area contributed by atoms with Crippen LogP contribution in [-0.4, -0.2) is 64.5 Å². The van der Waals surface area contributed by atoms with Gasteiger partial charge in [0.15, 0.2) is 5.69 Å². The summed E-state index contributed by atoms with van der Waals surface area (Å²) >= 11 is 0. The predicted molar refractivity (Wildman–Crippen MR) is 131 cm³/mol. The zero-order valence-corrected chi connectivity index (χ0v) is 19.8. The van der Waals surface area contributed by atoms with E-state index < -0.39 is 11.2 Å². The van der Waals surface area contributed by atoms with Crippen LogP contribution in [0.4, 0.5) is 11.5 Å². The van der Waals surface area contributed by atoms with Gasteiger partial charge >= 0.3 is 5.69 Å². The summed E-state index contributed by atoms with van der Waals surface area (Å²) in [5.74, 6) is -0.135. The maximum absolute atomic E-state index is 13.2. The molecule has 0 atom stereocenters. The van der Waals surface area contributed by atoms with Crippen molar-refractivity contribution in [3.8, 4) is 0 Å². The summed E-state index contributed by atoms with van der Waals surface area (Å²) in [6.45, 7) is 9.07. The Morgan fingerprint density at radius 1 is 1.06 bits per heavy atom. The molecule has 0 spiro atoms. The topological polar surface area (TPSA) is 108 Å². The van der Waals surface area contributed by atoms with Gasteiger partial charge in [-0.3, -0.25) is 28.9 Å². The van der Waals surface area contributed by atoms with Crippen LogP contribution in [0.3, 0.4) is 0 Å². The fraction of sp³-hybridized carbons (Fsp3) is 0.542. The summed E-state index contributed by atoms with van der Waals surface area (Å²) in [6.07, 6.45) is 2.60. The molecule has 3 N–H and O–H groups in total. The van der Waals surface area contributed by atoms with Crippen LogP contribution in [0, 0.1) is 0 Å². The number of carbonyl (C=O) groups excluding carboxylic acids is 1. The fourth-order valence-corrected chi connectivity index (χ4v) is 4.29. The molecule has 9 nitrogen and oxygen atoms in total. The molecule has 2 heterocycles. The highest BCUT2D eigenvalue weighted by Crippen LogP contribution is 2.18. The Morgan fingerprint density at radius 3 is 2.45 bits per heavy atom. The molecule has 0 bridgehead atoms. The summed E-state index contributed by atoms with van der Waals surface area (Å²) in [6, 6.07) is 10.4. The number of aromatic amines is 1. The van der Waals surface area contributed by atoms with Crippen LogP contribution in [-0.2, 0) is 17.9 Å². The molecule has 0 radical (unpaired) electrons. The van der Waals surface area contributed by atoms with Crippen molar-refractivity contribution in [2.45, 2.75) is 46.2 Å². The quantitative estimate of drug-likeness (QED) is 0.592. The monoisotopic (exact) mass is 456 g/mol. The zero-order chi connectivity index (χ0) is 23.8. The van der Waals surface area contributed by atoms with Gasteiger partial charge in [0, 0.05) is 32.7 Å². The lowest BCUT2D eigenvalue weighted by Crippen LogP contribution is -2.45. The van der Waals surface area contributed by atoms with Gasteiger partial charge in [-0.1, -0.05) is 43.7 Å². The molecule has 3 rings (SSSR count). The Labute approximate surface area is 194 Å². The normalized spacial score (nSPS) is 15.3. The number of hydrogen-bond donors (Lipinski definition) is 2. The number of likely N-dealkylation sites (N-methyl/N-ethyl adjacent to an activating group) is 1. The molecule has 0 saturated carbocycles. The average molecular weight is 457 g/mol. The van der Waals surface area contributed by atoms with E-state index in [0.717, 1.165) is 52.0 Å². The van der Waals surface area contributed by atoms with Crippen LogP contribution < -0.4 is 21.9 Å². The molecule has 33 heavy (non-hydrogen) atoms. The van der Waals surface area contributed by atoms with Gasteiger partial charge in [-0.05, 0) is 38.4 Å². The molecule has 1 aromatic heterocycles. The van der Waals surface area contributed by atoms with Gasteiger partial charge in [-0.25, -0.2) is 4.79 Å². The van der Waals surface area contributed by atoms with E-state index in [4.69, 9.17) is 5.73 Å². The number of benzene rings is 1. The smallest absolute Gasteiger partial charge is 0.330 e. The van der Waals surface area contributed by atoms with Crippen molar-refractivity contribution in [1.29, 1.82) is 0 Å². The van der Waals surface area contributed by atoms with Crippen LogP contribution in [0.2, 0.25) is 0 Å². The molecule has 1 fully saturated rings. The fourth-order valence-electron chi connectivity index (χ4n) is 4.29. The Hall–Kier alpha value is -2.91. The minimum absolute atomic E-state index is 0.0531. The number of unbranched alkanes of at least 4 members (excludes halogenated alkanes) is 1. The van der Waals surface area contributed by atoms with E-state index in [2.05, 4.69) is 39.0 Å². The molecule has 9 heteroatoms. The first kappa shape index (κ1) is 24.7. The molecular weight excluding hydrogens is 420 g/mol. The molecule has 1 aliphatic heterocycles. The summed E-state index contributed by atoms with van der Waals surface area (Å²) in [4.78, 5) is 46.3. The van der Waals surface area contributed by atoms with Crippen LogP contribution in [0.5, 0.6) is 0 Å². The molecule has 180 valence electrons. The van der Waals surface area contributed by atoms with Crippen LogP contribution >= 0.6 is 0 Å². The van der Waals surface area contributed by atoms with Crippen molar-refractivity contribution in [1.82, 2.24) is 19.4 Å². The summed E-state index contributed by atoms with van der Waals surface area (Å²) in [7, 11) is 0. The lowest BCUT2D eigenvalue weighted by Gasteiger charge is -2.27. The minimum Gasteiger partial charge on any atom is -0.383 e. The Morgan fingerprint density at radius 2 is 1.76 bits per heavy atom. The van der Waals surface area contributed by atoms with E-state index in [-0.39, 0.29) is 24.0 Å². The number of H-pyrrole nitrogens is 1. The highest BCUT2D eigenvalue weighted by molar-refractivity contribution is 5.96.